The van der Waals surface area contributed by atoms with E-state index in [4.69, 9.17) is 0 Å². The van der Waals surface area contributed by atoms with Crippen LogP contribution in [0.5, 0.6) is 0 Å². The van der Waals surface area contributed by atoms with Gasteiger partial charge in [0.05, 0.1) is 5.56 Å². The first-order chi connectivity index (χ1) is 7.97. The summed E-state index contributed by atoms with van der Waals surface area (Å²) >= 11 is 0. The molecule has 0 nitrogen and oxygen atoms in total. The SMILES string of the molecule is Fc1cccc(-c2cc[c]c(C(F)(F)F)c2)c1. The Balaban J connectivity index is 2.47. The summed E-state index contributed by atoms with van der Waals surface area (Å²) in [7, 11) is 0. The van der Waals surface area contributed by atoms with Gasteiger partial charge in [-0.3, -0.25) is 0 Å². The van der Waals surface area contributed by atoms with Crippen LogP contribution in [-0.2, 0) is 6.18 Å². The molecular formula is C13H7F4. The van der Waals surface area contributed by atoms with Crippen LogP contribution in [-0.4, -0.2) is 0 Å². The summed E-state index contributed by atoms with van der Waals surface area (Å²) in [6.45, 7) is 0. The average Bonchev–Trinajstić information content (AvgIpc) is 2.28. The highest BCUT2D eigenvalue weighted by Gasteiger charge is 2.30. The van der Waals surface area contributed by atoms with E-state index in [1.807, 2.05) is 0 Å². The van der Waals surface area contributed by atoms with Crippen LogP contribution in [0.1, 0.15) is 5.56 Å². The molecule has 4 heteroatoms. The van der Waals surface area contributed by atoms with E-state index in [0.717, 1.165) is 6.07 Å². The molecule has 0 bridgehead atoms. The molecule has 0 unspecified atom stereocenters. The highest BCUT2D eigenvalue weighted by atomic mass is 19.4. The van der Waals surface area contributed by atoms with Gasteiger partial charge in [0.15, 0.2) is 0 Å². The van der Waals surface area contributed by atoms with Crippen LogP contribution in [0.2, 0.25) is 0 Å². The average molecular weight is 239 g/mol. The quantitative estimate of drug-likeness (QED) is 0.650. The molecule has 0 spiro atoms. The number of hydrogen-bond acceptors (Lipinski definition) is 0. The van der Waals surface area contributed by atoms with Crippen LogP contribution in [0.15, 0.2) is 42.5 Å². The fourth-order valence-electron chi connectivity index (χ4n) is 1.48. The highest BCUT2D eigenvalue weighted by Crippen LogP contribution is 2.31. The van der Waals surface area contributed by atoms with E-state index in [0.29, 0.717) is 11.1 Å². The fourth-order valence-corrected chi connectivity index (χ4v) is 1.48. The highest BCUT2D eigenvalue weighted by molar-refractivity contribution is 5.64. The fraction of sp³-hybridized carbons (Fsp3) is 0.0769. The van der Waals surface area contributed by atoms with Gasteiger partial charge >= 0.3 is 6.18 Å². The van der Waals surface area contributed by atoms with Crippen molar-refractivity contribution in [2.45, 2.75) is 6.18 Å². The van der Waals surface area contributed by atoms with Gasteiger partial charge in [-0.05, 0) is 35.4 Å². The Hall–Kier alpha value is -1.84. The zero-order chi connectivity index (χ0) is 12.5. The summed E-state index contributed by atoms with van der Waals surface area (Å²) < 4.78 is 50.3. The first-order valence-corrected chi connectivity index (χ1v) is 4.82. The largest absolute Gasteiger partial charge is 0.417 e. The predicted octanol–water partition coefficient (Wildman–Crippen LogP) is 4.31. The molecule has 0 aliphatic carbocycles. The third kappa shape index (κ3) is 2.64. The third-order valence-corrected chi connectivity index (χ3v) is 2.26. The maximum atomic E-state index is 13.0. The topological polar surface area (TPSA) is 0 Å². The van der Waals surface area contributed by atoms with Crippen LogP contribution in [0.4, 0.5) is 17.6 Å². The smallest absolute Gasteiger partial charge is 0.207 e. The second-order valence-electron chi connectivity index (χ2n) is 3.50. The molecule has 2 aromatic rings. The van der Waals surface area contributed by atoms with Crippen molar-refractivity contribution in [3.63, 3.8) is 0 Å². The number of halogens is 4. The Labute approximate surface area is 95.5 Å². The van der Waals surface area contributed by atoms with Crippen molar-refractivity contribution < 1.29 is 17.6 Å². The maximum Gasteiger partial charge on any atom is 0.417 e. The van der Waals surface area contributed by atoms with E-state index in [1.54, 1.807) is 6.07 Å². The zero-order valence-corrected chi connectivity index (χ0v) is 8.55. The summed E-state index contributed by atoms with van der Waals surface area (Å²) in [4.78, 5) is 0. The van der Waals surface area contributed by atoms with E-state index in [2.05, 4.69) is 6.07 Å². The van der Waals surface area contributed by atoms with E-state index >= 15 is 0 Å². The van der Waals surface area contributed by atoms with Crippen molar-refractivity contribution in [1.82, 2.24) is 0 Å². The van der Waals surface area contributed by atoms with Crippen LogP contribution in [0.25, 0.3) is 11.1 Å². The Bertz CT molecular complexity index is 529. The summed E-state index contributed by atoms with van der Waals surface area (Å²) in [5.41, 5.74) is -0.140. The standard InChI is InChI=1S/C13H7F4/c14-12-6-2-4-10(8-12)9-3-1-5-11(7-9)13(15,16)17/h1-4,6-8H. The van der Waals surface area contributed by atoms with Crippen molar-refractivity contribution in [2.24, 2.45) is 0 Å². The molecule has 0 saturated carbocycles. The van der Waals surface area contributed by atoms with Crippen molar-refractivity contribution in [1.29, 1.82) is 0 Å². The summed E-state index contributed by atoms with van der Waals surface area (Å²) in [6, 6.07) is 11.1. The summed E-state index contributed by atoms with van der Waals surface area (Å²) in [5, 5.41) is 0. The Morgan fingerprint density at radius 1 is 0.941 bits per heavy atom. The van der Waals surface area contributed by atoms with E-state index in [1.165, 1.54) is 30.3 Å². The predicted molar refractivity (Wildman–Crippen MR) is 55.7 cm³/mol. The van der Waals surface area contributed by atoms with Crippen molar-refractivity contribution >= 4 is 0 Å². The second kappa shape index (κ2) is 4.20. The molecule has 0 atom stereocenters. The lowest BCUT2D eigenvalue weighted by molar-refractivity contribution is -0.137. The first-order valence-electron chi connectivity index (χ1n) is 4.82. The minimum absolute atomic E-state index is 0.315. The summed E-state index contributed by atoms with van der Waals surface area (Å²) in [6.07, 6.45) is -4.44. The van der Waals surface area contributed by atoms with Crippen molar-refractivity contribution in [2.75, 3.05) is 0 Å². The third-order valence-electron chi connectivity index (χ3n) is 2.26. The van der Waals surface area contributed by atoms with Gasteiger partial charge in [0.1, 0.15) is 5.82 Å². The Kier molecular flexibility index (Phi) is 2.88. The van der Waals surface area contributed by atoms with E-state index < -0.39 is 17.6 Å². The van der Waals surface area contributed by atoms with Gasteiger partial charge in [0.2, 0.25) is 0 Å². The normalized spacial score (nSPS) is 11.5. The second-order valence-corrected chi connectivity index (χ2v) is 3.50. The van der Waals surface area contributed by atoms with Gasteiger partial charge in [0.25, 0.3) is 0 Å². The number of rotatable bonds is 1. The van der Waals surface area contributed by atoms with Crippen molar-refractivity contribution in [3.05, 3.63) is 59.9 Å². The monoisotopic (exact) mass is 239 g/mol. The maximum absolute atomic E-state index is 13.0. The molecule has 0 saturated heterocycles. The number of hydrogen-bond donors (Lipinski definition) is 0. The zero-order valence-electron chi connectivity index (χ0n) is 8.55. The van der Waals surface area contributed by atoms with Crippen LogP contribution in [0.3, 0.4) is 0 Å². The molecular weight excluding hydrogens is 232 g/mol. The Morgan fingerprint density at radius 2 is 1.65 bits per heavy atom. The summed E-state index contributed by atoms with van der Waals surface area (Å²) in [5.74, 6) is -0.483. The molecule has 2 rings (SSSR count). The van der Waals surface area contributed by atoms with Crippen LogP contribution < -0.4 is 0 Å². The molecule has 87 valence electrons. The van der Waals surface area contributed by atoms with Crippen LogP contribution >= 0.6 is 0 Å². The molecule has 0 fully saturated rings. The molecule has 0 heterocycles. The lowest BCUT2D eigenvalue weighted by atomic mass is 10.0. The molecule has 0 aliphatic rings. The minimum atomic E-state index is -4.44. The van der Waals surface area contributed by atoms with Gasteiger partial charge < -0.3 is 0 Å². The first kappa shape index (κ1) is 11.6. The lowest BCUT2D eigenvalue weighted by Gasteiger charge is -2.08. The molecule has 0 aromatic heterocycles. The molecule has 17 heavy (non-hydrogen) atoms. The van der Waals surface area contributed by atoms with Crippen molar-refractivity contribution in [3.8, 4) is 11.1 Å². The molecule has 0 N–H and O–H groups in total. The Morgan fingerprint density at radius 3 is 2.29 bits per heavy atom. The van der Waals surface area contributed by atoms with E-state index in [-0.39, 0.29) is 0 Å². The van der Waals surface area contributed by atoms with Gasteiger partial charge in [0, 0.05) is 0 Å². The molecule has 1 radical (unpaired) electrons. The van der Waals surface area contributed by atoms with E-state index in [9.17, 15) is 17.6 Å². The number of benzene rings is 2. The minimum Gasteiger partial charge on any atom is -0.207 e. The lowest BCUT2D eigenvalue weighted by Crippen LogP contribution is -2.04. The molecule has 2 aromatic carbocycles. The number of alkyl halides is 3. The van der Waals surface area contributed by atoms with Gasteiger partial charge in [-0.2, -0.15) is 13.2 Å². The van der Waals surface area contributed by atoms with Gasteiger partial charge in [-0.15, -0.1) is 0 Å². The molecule has 0 amide bonds. The van der Waals surface area contributed by atoms with Crippen LogP contribution in [0, 0.1) is 11.9 Å². The van der Waals surface area contributed by atoms with Gasteiger partial charge in [-0.1, -0.05) is 24.3 Å². The molecule has 0 aliphatic heterocycles. The van der Waals surface area contributed by atoms with Gasteiger partial charge in [-0.25, -0.2) is 4.39 Å².